The summed E-state index contributed by atoms with van der Waals surface area (Å²) in [7, 11) is 0. The predicted octanol–water partition coefficient (Wildman–Crippen LogP) is 0.519. The molecule has 2 heterocycles. The third-order valence-electron chi connectivity index (χ3n) is 2.63. The van der Waals surface area contributed by atoms with Crippen molar-refractivity contribution in [3.05, 3.63) is 16.6 Å². The third-order valence-corrected chi connectivity index (χ3v) is 4.48. The number of urea groups is 1. The lowest BCUT2D eigenvalue weighted by atomic mass is 10.5. The number of rotatable bonds is 5. The summed E-state index contributed by atoms with van der Waals surface area (Å²) in [5.41, 5.74) is 13.4. The van der Waals surface area contributed by atoms with Gasteiger partial charge in [0.15, 0.2) is 5.96 Å². The molecule has 2 atom stereocenters. The minimum absolute atomic E-state index is 0.0172. The molecule has 0 aromatic carbocycles. The van der Waals surface area contributed by atoms with Crippen molar-refractivity contribution in [2.75, 3.05) is 13.1 Å². The molecule has 1 saturated heterocycles. The minimum atomic E-state index is -0.292. The Hall–Kier alpha value is -1.48. The Morgan fingerprint density at radius 2 is 2.47 bits per heavy atom. The number of carbonyl (C=O) groups excluding carboxylic acids is 1. The van der Waals surface area contributed by atoms with Crippen LogP contribution in [-0.4, -0.2) is 40.3 Å². The second kappa shape index (κ2) is 6.11. The van der Waals surface area contributed by atoms with E-state index in [1.165, 1.54) is 23.1 Å². The Morgan fingerprint density at radius 3 is 3.00 bits per heavy atom. The maximum Gasteiger partial charge on any atom is 0.318 e. The molecule has 19 heavy (non-hydrogen) atoms. The summed E-state index contributed by atoms with van der Waals surface area (Å²) in [5.74, 6) is 0.0172. The summed E-state index contributed by atoms with van der Waals surface area (Å²) in [6, 6.07) is -0.0540. The lowest BCUT2D eigenvalue weighted by Gasteiger charge is -2.24. The first-order valence-electron chi connectivity index (χ1n) is 5.74. The van der Waals surface area contributed by atoms with E-state index in [0.29, 0.717) is 13.1 Å². The van der Waals surface area contributed by atoms with Crippen LogP contribution in [0.2, 0.25) is 0 Å². The zero-order valence-corrected chi connectivity index (χ0v) is 12.1. The quantitative estimate of drug-likeness (QED) is 0.542. The Labute approximate surface area is 119 Å². The molecule has 1 aromatic heterocycles. The standard InChI is InChI=1S/C10H16N6OS2/c1-6(16-3-2-13-10(16)17)19-8(15-9(11)12)7-4-18-5-14-7/h4-6,8H,2-3H2,1H3,(H,13,17)(H4,11,12,15). The Morgan fingerprint density at radius 1 is 1.68 bits per heavy atom. The lowest BCUT2D eigenvalue weighted by molar-refractivity contribution is 0.216. The number of hydrogen-bond donors (Lipinski definition) is 3. The molecular weight excluding hydrogens is 284 g/mol. The molecule has 0 saturated carbocycles. The molecule has 2 amide bonds. The Kier molecular flexibility index (Phi) is 4.48. The van der Waals surface area contributed by atoms with Crippen molar-refractivity contribution in [3.8, 4) is 0 Å². The number of thiazole rings is 1. The number of nitrogens with one attached hydrogen (secondary N) is 1. The van der Waals surface area contributed by atoms with Gasteiger partial charge in [-0.05, 0) is 6.92 Å². The van der Waals surface area contributed by atoms with Gasteiger partial charge in [-0.25, -0.2) is 14.8 Å². The van der Waals surface area contributed by atoms with Gasteiger partial charge in [-0.3, -0.25) is 0 Å². The molecule has 7 nitrogen and oxygen atoms in total. The molecule has 1 fully saturated rings. The van der Waals surface area contributed by atoms with Crippen LogP contribution in [0.4, 0.5) is 4.79 Å². The summed E-state index contributed by atoms with van der Waals surface area (Å²) in [6.07, 6.45) is 0. The van der Waals surface area contributed by atoms with Gasteiger partial charge < -0.3 is 21.7 Å². The van der Waals surface area contributed by atoms with Gasteiger partial charge in [0.1, 0.15) is 5.37 Å². The minimum Gasteiger partial charge on any atom is -0.370 e. The van der Waals surface area contributed by atoms with Gasteiger partial charge in [0.25, 0.3) is 0 Å². The number of aromatic nitrogens is 1. The zero-order valence-electron chi connectivity index (χ0n) is 10.4. The number of thioether (sulfide) groups is 1. The highest BCUT2D eigenvalue weighted by Crippen LogP contribution is 2.34. The SMILES string of the molecule is CC(SC(N=C(N)N)c1cscn1)N1CCNC1=O. The van der Waals surface area contributed by atoms with E-state index < -0.39 is 0 Å². The summed E-state index contributed by atoms with van der Waals surface area (Å²) >= 11 is 2.98. The second-order valence-corrected chi connectivity index (χ2v) is 6.10. The number of carbonyl (C=O) groups is 1. The van der Waals surface area contributed by atoms with Crippen LogP contribution in [0.25, 0.3) is 0 Å². The second-order valence-electron chi connectivity index (χ2n) is 3.98. The average molecular weight is 300 g/mol. The van der Waals surface area contributed by atoms with E-state index in [2.05, 4.69) is 15.3 Å². The van der Waals surface area contributed by atoms with Gasteiger partial charge in [0, 0.05) is 18.5 Å². The molecule has 2 rings (SSSR count). The van der Waals surface area contributed by atoms with Gasteiger partial charge in [0.2, 0.25) is 0 Å². The number of nitrogens with zero attached hydrogens (tertiary/aromatic N) is 3. The number of guanidine groups is 1. The summed E-state index contributed by atoms with van der Waals surface area (Å²) in [4.78, 5) is 21.8. The van der Waals surface area contributed by atoms with Crippen LogP contribution < -0.4 is 16.8 Å². The molecule has 0 aliphatic carbocycles. The fourth-order valence-electron chi connectivity index (χ4n) is 1.74. The smallest absolute Gasteiger partial charge is 0.318 e. The topological polar surface area (TPSA) is 110 Å². The van der Waals surface area contributed by atoms with Gasteiger partial charge in [-0.15, -0.1) is 23.1 Å². The third kappa shape index (κ3) is 3.51. The highest BCUT2D eigenvalue weighted by atomic mass is 32.2. The maximum absolute atomic E-state index is 11.6. The zero-order chi connectivity index (χ0) is 13.8. The van der Waals surface area contributed by atoms with E-state index in [9.17, 15) is 4.79 Å². The van der Waals surface area contributed by atoms with Crippen LogP contribution in [0.3, 0.4) is 0 Å². The van der Waals surface area contributed by atoms with Crippen LogP contribution in [-0.2, 0) is 0 Å². The Bertz CT molecular complexity index is 459. The molecule has 1 aliphatic rings. The number of hydrogen-bond acceptors (Lipinski definition) is 5. The Balaban J connectivity index is 2.08. The van der Waals surface area contributed by atoms with Crippen molar-refractivity contribution < 1.29 is 4.79 Å². The molecule has 0 radical (unpaired) electrons. The average Bonchev–Trinajstić information content (AvgIpc) is 2.97. The number of amides is 2. The van der Waals surface area contributed by atoms with Crippen LogP contribution in [0, 0.1) is 0 Å². The molecule has 2 unspecified atom stereocenters. The summed E-state index contributed by atoms with van der Waals surface area (Å²) in [5, 5.41) is 4.36. The monoisotopic (exact) mass is 300 g/mol. The van der Waals surface area contributed by atoms with Gasteiger partial charge in [-0.2, -0.15) is 0 Å². The van der Waals surface area contributed by atoms with Crippen molar-refractivity contribution in [1.29, 1.82) is 0 Å². The van der Waals surface area contributed by atoms with Crippen molar-refractivity contribution >= 4 is 35.1 Å². The molecule has 9 heteroatoms. The van der Waals surface area contributed by atoms with E-state index in [1.807, 2.05) is 12.3 Å². The lowest BCUT2D eigenvalue weighted by Crippen LogP contribution is -2.34. The highest BCUT2D eigenvalue weighted by molar-refractivity contribution is 8.00. The molecule has 104 valence electrons. The largest absolute Gasteiger partial charge is 0.370 e. The van der Waals surface area contributed by atoms with Crippen LogP contribution >= 0.6 is 23.1 Å². The van der Waals surface area contributed by atoms with Gasteiger partial charge in [0.05, 0.1) is 16.6 Å². The maximum atomic E-state index is 11.6. The van der Waals surface area contributed by atoms with Crippen molar-refractivity contribution in [2.45, 2.75) is 17.7 Å². The molecular formula is C10H16N6OS2. The van der Waals surface area contributed by atoms with Crippen molar-refractivity contribution in [1.82, 2.24) is 15.2 Å². The molecule has 1 aliphatic heterocycles. The highest BCUT2D eigenvalue weighted by Gasteiger charge is 2.28. The molecule has 5 N–H and O–H groups in total. The van der Waals surface area contributed by atoms with Gasteiger partial charge in [-0.1, -0.05) is 0 Å². The first-order valence-corrected chi connectivity index (χ1v) is 7.63. The molecule has 1 aromatic rings. The van der Waals surface area contributed by atoms with Crippen LogP contribution in [0.15, 0.2) is 15.9 Å². The van der Waals surface area contributed by atoms with E-state index in [0.717, 1.165) is 5.69 Å². The van der Waals surface area contributed by atoms with E-state index in [-0.39, 0.29) is 22.7 Å². The van der Waals surface area contributed by atoms with E-state index in [4.69, 9.17) is 11.5 Å². The molecule has 0 spiro atoms. The first-order chi connectivity index (χ1) is 9.08. The first kappa shape index (κ1) is 13.9. The van der Waals surface area contributed by atoms with E-state index >= 15 is 0 Å². The van der Waals surface area contributed by atoms with Crippen molar-refractivity contribution in [3.63, 3.8) is 0 Å². The number of aliphatic imine (C=N–C) groups is 1. The number of nitrogens with two attached hydrogens (primary N) is 2. The predicted molar refractivity (Wildman–Crippen MR) is 77.8 cm³/mol. The molecule has 0 bridgehead atoms. The fourth-order valence-corrected chi connectivity index (χ4v) is 3.57. The summed E-state index contributed by atoms with van der Waals surface area (Å²) < 4.78 is 0. The van der Waals surface area contributed by atoms with Crippen LogP contribution in [0.5, 0.6) is 0 Å². The van der Waals surface area contributed by atoms with E-state index in [1.54, 1.807) is 10.4 Å². The fraction of sp³-hybridized carbons (Fsp3) is 0.500. The van der Waals surface area contributed by atoms with Crippen LogP contribution in [0.1, 0.15) is 18.0 Å². The van der Waals surface area contributed by atoms with Gasteiger partial charge >= 0.3 is 6.03 Å². The normalized spacial score (nSPS) is 17.9. The summed E-state index contributed by atoms with van der Waals surface area (Å²) in [6.45, 7) is 3.32. The van der Waals surface area contributed by atoms with Crippen molar-refractivity contribution in [2.24, 2.45) is 16.5 Å².